The van der Waals surface area contributed by atoms with Gasteiger partial charge < -0.3 is 5.32 Å². The first-order chi connectivity index (χ1) is 9.16. The Hall–Kier alpha value is -2.43. The Bertz CT molecular complexity index is 558. The van der Waals surface area contributed by atoms with Gasteiger partial charge in [0.2, 0.25) is 5.82 Å². The summed E-state index contributed by atoms with van der Waals surface area (Å²) >= 11 is 0. The zero-order valence-electron chi connectivity index (χ0n) is 10.6. The van der Waals surface area contributed by atoms with Gasteiger partial charge in [-0.05, 0) is 25.0 Å². The fraction of sp³-hybridized carbons (Fsp3) is 0.214. The predicted octanol–water partition coefficient (Wildman–Crippen LogP) is 3.03. The Morgan fingerprint density at radius 1 is 1.26 bits per heavy atom. The lowest BCUT2D eigenvalue weighted by atomic mass is 10.1. The molecular formula is C14H15N3O2. The molecule has 1 heterocycles. The van der Waals surface area contributed by atoms with Crippen LogP contribution in [-0.2, 0) is 6.42 Å². The van der Waals surface area contributed by atoms with Crippen LogP contribution in [-0.4, -0.2) is 15.9 Å². The van der Waals surface area contributed by atoms with Crippen LogP contribution in [0.1, 0.15) is 12.5 Å². The van der Waals surface area contributed by atoms with Crippen LogP contribution in [0.15, 0.2) is 48.7 Å². The number of anilines is 1. The van der Waals surface area contributed by atoms with E-state index in [1.54, 1.807) is 12.3 Å². The van der Waals surface area contributed by atoms with E-state index in [0.29, 0.717) is 5.82 Å². The average molecular weight is 257 g/mol. The molecule has 0 bridgehead atoms. The van der Waals surface area contributed by atoms with Crippen molar-refractivity contribution in [1.82, 2.24) is 4.98 Å². The lowest BCUT2D eigenvalue weighted by molar-refractivity contribution is -0.384. The van der Waals surface area contributed by atoms with Crippen molar-refractivity contribution in [2.45, 2.75) is 19.4 Å². The number of rotatable bonds is 5. The van der Waals surface area contributed by atoms with Crippen LogP contribution in [0.5, 0.6) is 0 Å². The summed E-state index contributed by atoms with van der Waals surface area (Å²) in [4.78, 5) is 14.5. The molecule has 1 N–H and O–H groups in total. The molecule has 0 aliphatic heterocycles. The molecule has 2 aromatic rings. The summed E-state index contributed by atoms with van der Waals surface area (Å²) < 4.78 is 0. The summed E-state index contributed by atoms with van der Waals surface area (Å²) in [6.45, 7) is 1.98. The average Bonchev–Trinajstić information content (AvgIpc) is 2.40. The minimum atomic E-state index is -0.426. The summed E-state index contributed by atoms with van der Waals surface area (Å²) in [6.07, 6.45) is 2.33. The number of pyridine rings is 1. The standard InChI is InChI=1S/C14H15N3O2/c1-11(10-12-6-3-2-4-7-12)16-14-13(17(18)19)8-5-9-15-14/h2-9,11H,10H2,1H3,(H,15,16). The molecular weight excluding hydrogens is 242 g/mol. The number of hydrogen-bond acceptors (Lipinski definition) is 4. The largest absolute Gasteiger partial charge is 0.362 e. The molecule has 5 heteroatoms. The van der Waals surface area contributed by atoms with Gasteiger partial charge in [0.05, 0.1) is 4.92 Å². The Morgan fingerprint density at radius 3 is 2.68 bits per heavy atom. The van der Waals surface area contributed by atoms with Gasteiger partial charge in [0.1, 0.15) is 0 Å². The Balaban J connectivity index is 2.07. The lowest BCUT2D eigenvalue weighted by Gasteiger charge is -2.14. The van der Waals surface area contributed by atoms with Gasteiger partial charge in [-0.25, -0.2) is 4.98 Å². The van der Waals surface area contributed by atoms with Crippen molar-refractivity contribution in [3.8, 4) is 0 Å². The van der Waals surface area contributed by atoms with E-state index in [2.05, 4.69) is 10.3 Å². The van der Waals surface area contributed by atoms with E-state index in [1.807, 2.05) is 37.3 Å². The Labute approximate surface area is 111 Å². The number of hydrogen-bond donors (Lipinski definition) is 1. The first kappa shape index (κ1) is 13.0. The molecule has 0 saturated heterocycles. The molecule has 98 valence electrons. The molecule has 0 fully saturated rings. The molecule has 0 amide bonds. The third-order valence-electron chi connectivity index (χ3n) is 2.75. The predicted molar refractivity (Wildman–Crippen MR) is 74.1 cm³/mol. The van der Waals surface area contributed by atoms with Crippen molar-refractivity contribution in [3.63, 3.8) is 0 Å². The topological polar surface area (TPSA) is 68.1 Å². The second-order valence-electron chi connectivity index (χ2n) is 4.36. The number of aromatic nitrogens is 1. The van der Waals surface area contributed by atoms with Gasteiger partial charge in [-0.15, -0.1) is 0 Å². The maximum absolute atomic E-state index is 10.9. The molecule has 0 aliphatic carbocycles. The summed E-state index contributed by atoms with van der Waals surface area (Å²) in [7, 11) is 0. The van der Waals surface area contributed by atoms with Crippen molar-refractivity contribution < 1.29 is 4.92 Å². The Kier molecular flexibility index (Phi) is 4.07. The molecule has 0 aliphatic rings. The van der Waals surface area contributed by atoms with E-state index in [4.69, 9.17) is 0 Å². The molecule has 1 aromatic carbocycles. The highest BCUT2D eigenvalue weighted by Gasteiger charge is 2.15. The van der Waals surface area contributed by atoms with Crippen molar-refractivity contribution in [2.24, 2.45) is 0 Å². The van der Waals surface area contributed by atoms with Crippen molar-refractivity contribution in [1.29, 1.82) is 0 Å². The van der Waals surface area contributed by atoms with E-state index >= 15 is 0 Å². The van der Waals surface area contributed by atoms with Crippen LogP contribution in [0.4, 0.5) is 11.5 Å². The first-order valence-electron chi connectivity index (χ1n) is 6.06. The fourth-order valence-electron chi connectivity index (χ4n) is 1.91. The summed E-state index contributed by atoms with van der Waals surface area (Å²) in [5.74, 6) is 0.316. The molecule has 1 atom stereocenters. The minimum Gasteiger partial charge on any atom is -0.362 e. The molecule has 0 spiro atoms. The second-order valence-corrected chi connectivity index (χ2v) is 4.36. The minimum absolute atomic E-state index is 0.00223. The molecule has 1 aromatic heterocycles. The van der Waals surface area contributed by atoms with Gasteiger partial charge in [0, 0.05) is 18.3 Å². The van der Waals surface area contributed by atoms with Crippen molar-refractivity contribution in [2.75, 3.05) is 5.32 Å². The summed E-state index contributed by atoms with van der Waals surface area (Å²) in [5.41, 5.74) is 1.18. The van der Waals surface area contributed by atoms with Gasteiger partial charge in [-0.3, -0.25) is 10.1 Å². The highest BCUT2D eigenvalue weighted by atomic mass is 16.6. The normalized spacial score (nSPS) is 11.8. The Morgan fingerprint density at radius 2 is 2.00 bits per heavy atom. The zero-order valence-corrected chi connectivity index (χ0v) is 10.6. The first-order valence-corrected chi connectivity index (χ1v) is 6.06. The molecule has 1 unspecified atom stereocenters. The van der Waals surface area contributed by atoms with Crippen LogP contribution in [0.25, 0.3) is 0 Å². The summed E-state index contributed by atoms with van der Waals surface area (Å²) in [5, 5.41) is 14.0. The van der Waals surface area contributed by atoms with Gasteiger partial charge in [-0.1, -0.05) is 30.3 Å². The maximum Gasteiger partial charge on any atom is 0.311 e. The number of nitrogens with one attached hydrogen (secondary N) is 1. The van der Waals surface area contributed by atoms with E-state index in [-0.39, 0.29) is 11.7 Å². The van der Waals surface area contributed by atoms with Gasteiger partial charge in [-0.2, -0.15) is 0 Å². The molecule has 19 heavy (non-hydrogen) atoms. The van der Waals surface area contributed by atoms with Gasteiger partial charge in [0.25, 0.3) is 0 Å². The smallest absolute Gasteiger partial charge is 0.311 e. The van der Waals surface area contributed by atoms with E-state index in [1.165, 1.54) is 11.6 Å². The molecule has 2 rings (SSSR count). The van der Waals surface area contributed by atoms with Crippen LogP contribution < -0.4 is 5.32 Å². The molecule has 0 saturated carbocycles. The van der Waals surface area contributed by atoms with Crippen LogP contribution >= 0.6 is 0 Å². The second kappa shape index (κ2) is 5.95. The molecule has 5 nitrogen and oxygen atoms in total. The monoisotopic (exact) mass is 257 g/mol. The van der Waals surface area contributed by atoms with Crippen molar-refractivity contribution >= 4 is 11.5 Å². The highest BCUT2D eigenvalue weighted by Crippen LogP contribution is 2.21. The number of nitro groups is 1. The van der Waals surface area contributed by atoms with Gasteiger partial charge >= 0.3 is 5.69 Å². The van der Waals surface area contributed by atoms with Gasteiger partial charge in [0.15, 0.2) is 0 Å². The van der Waals surface area contributed by atoms with Crippen LogP contribution in [0.3, 0.4) is 0 Å². The van der Waals surface area contributed by atoms with Crippen LogP contribution in [0, 0.1) is 10.1 Å². The third kappa shape index (κ3) is 3.51. The summed E-state index contributed by atoms with van der Waals surface area (Å²) in [6, 6.07) is 13.1. The lowest BCUT2D eigenvalue weighted by Crippen LogP contribution is -2.19. The fourth-order valence-corrected chi connectivity index (χ4v) is 1.91. The maximum atomic E-state index is 10.9. The van der Waals surface area contributed by atoms with Crippen LogP contribution in [0.2, 0.25) is 0 Å². The SMILES string of the molecule is CC(Cc1ccccc1)Nc1ncccc1[N+](=O)[O-]. The zero-order chi connectivity index (χ0) is 13.7. The highest BCUT2D eigenvalue weighted by molar-refractivity contribution is 5.55. The van der Waals surface area contributed by atoms with E-state index in [9.17, 15) is 10.1 Å². The van der Waals surface area contributed by atoms with E-state index < -0.39 is 4.92 Å². The molecule has 0 radical (unpaired) electrons. The van der Waals surface area contributed by atoms with E-state index in [0.717, 1.165) is 6.42 Å². The quantitative estimate of drug-likeness (QED) is 0.660. The number of benzene rings is 1. The van der Waals surface area contributed by atoms with Crippen molar-refractivity contribution in [3.05, 3.63) is 64.3 Å². The number of nitrogens with zero attached hydrogens (tertiary/aromatic N) is 2. The third-order valence-corrected chi connectivity index (χ3v) is 2.75.